The van der Waals surface area contributed by atoms with Gasteiger partial charge in [0.1, 0.15) is 16.5 Å². The zero-order valence-electron chi connectivity index (χ0n) is 13.0. The highest BCUT2D eigenvalue weighted by Crippen LogP contribution is 2.23. The van der Waals surface area contributed by atoms with Gasteiger partial charge in [-0.3, -0.25) is 0 Å². The van der Waals surface area contributed by atoms with Gasteiger partial charge >= 0.3 is 0 Å². The van der Waals surface area contributed by atoms with Gasteiger partial charge in [0, 0.05) is 19.2 Å². The Bertz CT molecular complexity index is 767. The fraction of sp³-hybridized carbons (Fsp3) is 0.294. The summed E-state index contributed by atoms with van der Waals surface area (Å²) in [7, 11) is -4.05. The highest BCUT2D eigenvalue weighted by molar-refractivity contribution is 7.89. The van der Waals surface area contributed by atoms with Crippen LogP contribution in [0.15, 0.2) is 53.4 Å². The van der Waals surface area contributed by atoms with Crippen molar-refractivity contribution in [1.82, 2.24) is 4.72 Å². The summed E-state index contributed by atoms with van der Waals surface area (Å²) in [5, 5.41) is 9.17. The van der Waals surface area contributed by atoms with Gasteiger partial charge in [0.05, 0.1) is 0 Å². The zero-order valence-corrected chi connectivity index (χ0v) is 13.8. The van der Waals surface area contributed by atoms with Gasteiger partial charge in [0.15, 0.2) is 0 Å². The Kier molecular flexibility index (Phi) is 6.42. The maximum atomic E-state index is 13.6. The van der Waals surface area contributed by atoms with E-state index in [1.54, 1.807) is 0 Å². The molecule has 0 aliphatic rings. The summed E-state index contributed by atoms with van der Waals surface area (Å²) < 4.78 is 53.1. The minimum absolute atomic E-state index is 0.0150. The number of hydrogen-bond donors (Lipinski definition) is 2. The molecule has 130 valence electrons. The Hall–Kier alpha value is -1.83. The van der Waals surface area contributed by atoms with Gasteiger partial charge < -0.3 is 5.11 Å². The molecule has 0 bridgehead atoms. The normalized spacial score (nSPS) is 13.0. The molecule has 0 aromatic heterocycles. The quantitative estimate of drug-likeness (QED) is 0.765. The first-order valence-electron chi connectivity index (χ1n) is 7.54. The van der Waals surface area contributed by atoms with Crippen LogP contribution in [0.1, 0.15) is 24.3 Å². The molecular formula is C17H19F2NO3S. The van der Waals surface area contributed by atoms with E-state index in [1.807, 2.05) is 30.3 Å². The van der Waals surface area contributed by atoms with Crippen LogP contribution in [0.4, 0.5) is 8.78 Å². The van der Waals surface area contributed by atoms with E-state index in [9.17, 15) is 22.3 Å². The monoisotopic (exact) mass is 355 g/mol. The molecule has 0 amide bonds. The van der Waals surface area contributed by atoms with Gasteiger partial charge in [-0.25, -0.2) is 21.9 Å². The SMILES string of the molecule is O=S(=O)(NCCC(CCO)c1ccccc1)c1ccc(F)cc1F. The number of hydrogen-bond acceptors (Lipinski definition) is 3. The molecule has 1 atom stereocenters. The van der Waals surface area contributed by atoms with E-state index in [4.69, 9.17) is 0 Å². The number of halogens is 2. The summed E-state index contributed by atoms with van der Waals surface area (Å²) in [4.78, 5) is -0.581. The lowest BCUT2D eigenvalue weighted by molar-refractivity contribution is 0.273. The van der Waals surface area contributed by atoms with Crippen molar-refractivity contribution in [2.24, 2.45) is 0 Å². The Morgan fingerprint density at radius 3 is 2.38 bits per heavy atom. The molecule has 2 rings (SSSR count). The molecule has 0 saturated carbocycles. The Morgan fingerprint density at radius 2 is 1.75 bits per heavy atom. The molecule has 0 spiro atoms. The lowest BCUT2D eigenvalue weighted by Gasteiger charge is -2.16. The first kappa shape index (κ1) is 18.5. The molecule has 0 radical (unpaired) electrons. The first-order valence-corrected chi connectivity index (χ1v) is 9.03. The van der Waals surface area contributed by atoms with E-state index in [0.29, 0.717) is 18.9 Å². The molecule has 2 aromatic carbocycles. The zero-order chi connectivity index (χ0) is 17.6. The van der Waals surface area contributed by atoms with E-state index >= 15 is 0 Å². The average Bonchev–Trinajstić information content (AvgIpc) is 2.54. The van der Waals surface area contributed by atoms with Crippen molar-refractivity contribution in [1.29, 1.82) is 0 Å². The standard InChI is InChI=1S/C17H19F2NO3S/c18-15-6-7-17(16(19)12-15)24(22,23)20-10-8-14(9-11-21)13-4-2-1-3-5-13/h1-7,12,14,20-21H,8-11H2. The second kappa shape index (κ2) is 8.32. The second-order valence-corrected chi connectivity index (χ2v) is 7.12. The maximum absolute atomic E-state index is 13.6. The van der Waals surface area contributed by atoms with Crippen LogP contribution in [-0.2, 0) is 10.0 Å². The topological polar surface area (TPSA) is 66.4 Å². The van der Waals surface area contributed by atoms with E-state index in [1.165, 1.54) is 0 Å². The van der Waals surface area contributed by atoms with Gasteiger partial charge in [0.2, 0.25) is 10.0 Å². The van der Waals surface area contributed by atoms with Gasteiger partial charge in [-0.05, 0) is 36.5 Å². The summed E-state index contributed by atoms with van der Waals surface area (Å²) in [6, 6.07) is 11.8. The largest absolute Gasteiger partial charge is 0.396 e. The third kappa shape index (κ3) is 4.83. The Labute approximate surface area is 140 Å². The number of benzene rings is 2. The fourth-order valence-corrected chi connectivity index (χ4v) is 3.60. The predicted molar refractivity (Wildman–Crippen MR) is 87.0 cm³/mol. The van der Waals surface area contributed by atoms with E-state index in [2.05, 4.69) is 4.72 Å². The van der Waals surface area contributed by atoms with Gasteiger partial charge in [0.25, 0.3) is 0 Å². The summed E-state index contributed by atoms with van der Waals surface area (Å²) in [5.41, 5.74) is 0.999. The molecular weight excluding hydrogens is 336 g/mol. The van der Waals surface area contributed by atoms with Crippen molar-refractivity contribution in [3.8, 4) is 0 Å². The van der Waals surface area contributed by atoms with Gasteiger partial charge in [-0.15, -0.1) is 0 Å². The van der Waals surface area contributed by atoms with Gasteiger partial charge in [-0.1, -0.05) is 30.3 Å². The molecule has 24 heavy (non-hydrogen) atoms. The van der Waals surface area contributed by atoms with Crippen molar-refractivity contribution in [2.75, 3.05) is 13.2 Å². The van der Waals surface area contributed by atoms with Crippen LogP contribution in [0.25, 0.3) is 0 Å². The first-order chi connectivity index (χ1) is 11.4. The number of rotatable bonds is 8. The molecule has 7 heteroatoms. The summed E-state index contributed by atoms with van der Waals surface area (Å²) in [6.07, 6.45) is 0.948. The lowest BCUT2D eigenvalue weighted by Crippen LogP contribution is -2.27. The average molecular weight is 355 g/mol. The summed E-state index contributed by atoms with van der Waals surface area (Å²) in [5.74, 6) is -1.98. The fourth-order valence-electron chi connectivity index (χ4n) is 2.50. The molecule has 0 heterocycles. The van der Waals surface area contributed by atoms with Crippen molar-refractivity contribution in [3.63, 3.8) is 0 Å². The third-order valence-electron chi connectivity index (χ3n) is 3.72. The van der Waals surface area contributed by atoms with Crippen molar-refractivity contribution >= 4 is 10.0 Å². The second-order valence-electron chi connectivity index (χ2n) is 5.38. The summed E-state index contributed by atoms with van der Waals surface area (Å²) in [6.45, 7) is 0.0671. The van der Waals surface area contributed by atoms with Crippen molar-refractivity contribution in [2.45, 2.75) is 23.7 Å². The van der Waals surface area contributed by atoms with E-state index in [-0.39, 0.29) is 19.1 Å². The van der Waals surface area contributed by atoms with Crippen molar-refractivity contribution < 1.29 is 22.3 Å². The van der Waals surface area contributed by atoms with Crippen LogP contribution in [0.3, 0.4) is 0 Å². The number of nitrogens with one attached hydrogen (secondary N) is 1. The minimum atomic E-state index is -4.05. The molecule has 0 saturated heterocycles. The van der Waals surface area contributed by atoms with E-state index in [0.717, 1.165) is 17.7 Å². The molecule has 0 aliphatic heterocycles. The molecule has 2 N–H and O–H groups in total. The predicted octanol–water partition coefficient (Wildman–Crippen LogP) is 2.80. The van der Waals surface area contributed by atoms with E-state index < -0.39 is 26.6 Å². The number of sulfonamides is 1. The molecule has 0 aliphatic carbocycles. The van der Waals surface area contributed by atoms with Crippen LogP contribution in [0, 0.1) is 11.6 Å². The molecule has 2 aromatic rings. The number of aliphatic hydroxyl groups is 1. The van der Waals surface area contributed by atoms with Crippen LogP contribution in [-0.4, -0.2) is 26.7 Å². The maximum Gasteiger partial charge on any atom is 0.243 e. The molecule has 0 fully saturated rings. The smallest absolute Gasteiger partial charge is 0.243 e. The van der Waals surface area contributed by atoms with Crippen molar-refractivity contribution in [3.05, 3.63) is 65.7 Å². The number of aliphatic hydroxyl groups excluding tert-OH is 1. The highest BCUT2D eigenvalue weighted by Gasteiger charge is 2.20. The Balaban J connectivity index is 2.03. The minimum Gasteiger partial charge on any atom is -0.396 e. The lowest BCUT2D eigenvalue weighted by atomic mass is 9.93. The molecule has 4 nitrogen and oxygen atoms in total. The van der Waals surface area contributed by atoms with Gasteiger partial charge in [-0.2, -0.15) is 0 Å². The molecule has 1 unspecified atom stereocenters. The summed E-state index contributed by atoms with van der Waals surface area (Å²) >= 11 is 0. The Morgan fingerprint density at radius 1 is 1.04 bits per heavy atom. The van der Waals surface area contributed by atoms with Crippen LogP contribution in [0.5, 0.6) is 0 Å². The van der Waals surface area contributed by atoms with Crippen LogP contribution < -0.4 is 4.72 Å². The third-order valence-corrected chi connectivity index (χ3v) is 5.21. The van der Waals surface area contributed by atoms with Crippen LogP contribution >= 0.6 is 0 Å². The highest BCUT2D eigenvalue weighted by atomic mass is 32.2. The van der Waals surface area contributed by atoms with Crippen LogP contribution in [0.2, 0.25) is 0 Å².